The fraction of sp³-hybridized carbons (Fsp3) is 0.455. The molecule has 1 rings (SSSR count). The predicted molar refractivity (Wildman–Crippen MR) is 72.0 cm³/mol. The van der Waals surface area contributed by atoms with Gasteiger partial charge in [0.15, 0.2) is 0 Å². The Bertz CT molecular complexity index is 395. The van der Waals surface area contributed by atoms with Gasteiger partial charge < -0.3 is 10.7 Å². The SMILES string of the molecule is CSC(C)(C)CNC(=O)c1cc(NN)ccn1. The molecule has 0 unspecified atom stereocenters. The molecule has 0 aromatic carbocycles. The van der Waals surface area contributed by atoms with E-state index in [2.05, 4.69) is 29.6 Å². The molecule has 0 saturated heterocycles. The third kappa shape index (κ3) is 4.24. The second kappa shape index (κ2) is 5.88. The number of nitrogens with two attached hydrogens (primary N) is 1. The monoisotopic (exact) mass is 254 g/mol. The van der Waals surface area contributed by atoms with Crippen LogP contribution in [0.3, 0.4) is 0 Å². The third-order valence-electron chi connectivity index (χ3n) is 2.39. The van der Waals surface area contributed by atoms with Crippen LogP contribution in [-0.4, -0.2) is 28.4 Å². The van der Waals surface area contributed by atoms with Crippen LogP contribution < -0.4 is 16.6 Å². The van der Waals surface area contributed by atoms with E-state index in [1.54, 1.807) is 30.1 Å². The summed E-state index contributed by atoms with van der Waals surface area (Å²) >= 11 is 1.70. The number of nitrogens with zero attached hydrogens (tertiary/aromatic N) is 1. The number of hydrazine groups is 1. The molecule has 1 aromatic rings. The molecule has 0 radical (unpaired) electrons. The number of amides is 1. The zero-order valence-corrected chi connectivity index (χ0v) is 11.1. The first-order chi connectivity index (χ1) is 7.98. The predicted octanol–water partition coefficient (Wildman–Crippen LogP) is 1.24. The van der Waals surface area contributed by atoms with E-state index in [0.29, 0.717) is 17.9 Å². The van der Waals surface area contributed by atoms with Crippen LogP contribution in [0.25, 0.3) is 0 Å². The molecular weight excluding hydrogens is 236 g/mol. The maximum absolute atomic E-state index is 11.8. The molecule has 1 heterocycles. The van der Waals surface area contributed by atoms with Gasteiger partial charge in [0, 0.05) is 17.5 Å². The number of pyridine rings is 1. The van der Waals surface area contributed by atoms with Gasteiger partial charge in [0.2, 0.25) is 0 Å². The lowest BCUT2D eigenvalue weighted by Gasteiger charge is -2.22. The minimum atomic E-state index is -0.191. The summed E-state index contributed by atoms with van der Waals surface area (Å²) in [6.07, 6.45) is 3.56. The molecule has 0 bridgehead atoms. The number of thioether (sulfide) groups is 1. The molecule has 0 atom stereocenters. The van der Waals surface area contributed by atoms with Crippen LogP contribution in [0.2, 0.25) is 0 Å². The summed E-state index contributed by atoms with van der Waals surface area (Å²) in [5, 5.41) is 2.85. The van der Waals surface area contributed by atoms with Crippen molar-refractivity contribution in [1.29, 1.82) is 0 Å². The molecular formula is C11H18N4OS. The van der Waals surface area contributed by atoms with E-state index >= 15 is 0 Å². The third-order valence-corrected chi connectivity index (χ3v) is 3.64. The number of hydrogen-bond donors (Lipinski definition) is 3. The molecule has 0 aliphatic heterocycles. The van der Waals surface area contributed by atoms with Gasteiger partial charge >= 0.3 is 0 Å². The summed E-state index contributed by atoms with van der Waals surface area (Å²) in [4.78, 5) is 15.8. The summed E-state index contributed by atoms with van der Waals surface area (Å²) in [7, 11) is 0. The Kier molecular flexibility index (Phi) is 4.77. The standard InChI is InChI=1S/C11H18N4OS/c1-11(2,17-3)7-14-10(16)9-6-8(15-12)4-5-13-9/h4-6H,7,12H2,1-3H3,(H,13,15)(H,14,16). The number of aromatic nitrogens is 1. The normalized spacial score (nSPS) is 11.1. The fourth-order valence-corrected chi connectivity index (χ4v) is 1.32. The number of carbonyl (C=O) groups excluding carboxylic acids is 1. The molecule has 1 amide bonds. The number of hydrogen-bond acceptors (Lipinski definition) is 5. The minimum Gasteiger partial charge on any atom is -0.349 e. The molecule has 0 saturated carbocycles. The van der Waals surface area contributed by atoms with E-state index in [1.165, 1.54) is 0 Å². The van der Waals surface area contributed by atoms with Crippen molar-refractivity contribution in [3.05, 3.63) is 24.0 Å². The molecule has 4 N–H and O–H groups in total. The van der Waals surface area contributed by atoms with Gasteiger partial charge in [-0.1, -0.05) is 0 Å². The van der Waals surface area contributed by atoms with Gasteiger partial charge in [-0.3, -0.25) is 15.6 Å². The molecule has 0 aliphatic rings. The van der Waals surface area contributed by atoms with Crippen molar-refractivity contribution in [3.8, 4) is 0 Å². The summed E-state index contributed by atoms with van der Waals surface area (Å²) in [5.41, 5.74) is 3.50. The molecule has 94 valence electrons. The molecule has 0 spiro atoms. The first-order valence-corrected chi connectivity index (χ1v) is 6.47. The second-order valence-corrected chi connectivity index (χ2v) is 5.73. The first-order valence-electron chi connectivity index (χ1n) is 5.24. The molecule has 6 heteroatoms. The number of carbonyl (C=O) groups is 1. The van der Waals surface area contributed by atoms with Crippen molar-refractivity contribution >= 4 is 23.4 Å². The van der Waals surface area contributed by atoms with Gasteiger partial charge in [-0.05, 0) is 32.2 Å². The highest BCUT2D eigenvalue weighted by Gasteiger charge is 2.17. The van der Waals surface area contributed by atoms with Crippen molar-refractivity contribution in [3.63, 3.8) is 0 Å². The van der Waals surface area contributed by atoms with Gasteiger partial charge in [0.25, 0.3) is 5.91 Å². The summed E-state index contributed by atoms with van der Waals surface area (Å²) in [6, 6.07) is 3.31. The highest BCUT2D eigenvalue weighted by Crippen LogP contribution is 2.19. The lowest BCUT2D eigenvalue weighted by atomic mass is 10.2. The Hall–Kier alpha value is -1.27. The van der Waals surface area contributed by atoms with Crippen molar-refractivity contribution in [1.82, 2.24) is 10.3 Å². The maximum atomic E-state index is 11.8. The summed E-state index contributed by atoms with van der Waals surface area (Å²) < 4.78 is 0.0133. The Morgan fingerprint density at radius 2 is 2.29 bits per heavy atom. The van der Waals surface area contributed by atoms with E-state index in [0.717, 1.165) is 0 Å². The minimum absolute atomic E-state index is 0.0133. The van der Waals surface area contributed by atoms with Crippen LogP contribution in [0.15, 0.2) is 18.3 Å². The Morgan fingerprint density at radius 3 is 2.88 bits per heavy atom. The fourth-order valence-electron chi connectivity index (χ4n) is 1.10. The van der Waals surface area contributed by atoms with Crippen molar-refractivity contribution in [2.75, 3.05) is 18.2 Å². The highest BCUT2D eigenvalue weighted by atomic mass is 32.2. The Balaban J connectivity index is 2.64. The molecule has 17 heavy (non-hydrogen) atoms. The summed E-state index contributed by atoms with van der Waals surface area (Å²) in [6.45, 7) is 4.74. The molecule has 0 aliphatic carbocycles. The first kappa shape index (κ1) is 13.8. The van der Waals surface area contributed by atoms with Crippen LogP contribution in [0, 0.1) is 0 Å². The van der Waals surface area contributed by atoms with Gasteiger partial charge in [0.05, 0.1) is 5.69 Å². The number of nitrogens with one attached hydrogen (secondary N) is 2. The molecule has 1 aromatic heterocycles. The topological polar surface area (TPSA) is 80.0 Å². The van der Waals surface area contributed by atoms with Gasteiger partial charge in [-0.25, -0.2) is 0 Å². The lowest BCUT2D eigenvalue weighted by Crippen LogP contribution is -2.36. The van der Waals surface area contributed by atoms with E-state index in [4.69, 9.17) is 5.84 Å². The van der Waals surface area contributed by atoms with Gasteiger partial charge in [0.1, 0.15) is 5.69 Å². The second-order valence-electron chi connectivity index (χ2n) is 4.22. The van der Waals surface area contributed by atoms with Crippen LogP contribution in [0.5, 0.6) is 0 Å². The largest absolute Gasteiger partial charge is 0.349 e. The lowest BCUT2D eigenvalue weighted by molar-refractivity contribution is 0.0946. The number of rotatable bonds is 5. The smallest absolute Gasteiger partial charge is 0.270 e. The van der Waals surface area contributed by atoms with Crippen molar-refractivity contribution in [2.24, 2.45) is 5.84 Å². The number of nitrogen functional groups attached to an aromatic ring is 1. The van der Waals surface area contributed by atoms with Gasteiger partial charge in [-0.15, -0.1) is 0 Å². The average Bonchev–Trinajstić information content (AvgIpc) is 2.36. The van der Waals surface area contributed by atoms with E-state index in [-0.39, 0.29) is 10.7 Å². The zero-order chi connectivity index (χ0) is 12.9. The van der Waals surface area contributed by atoms with E-state index in [9.17, 15) is 4.79 Å². The van der Waals surface area contributed by atoms with Crippen LogP contribution in [0.1, 0.15) is 24.3 Å². The Labute approximate surface area is 106 Å². The maximum Gasteiger partial charge on any atom is 0.270 e. The summed E-state index contributed by atoms with van der Waals surface area (Å²) in [5.74, 6) is 5.08. The van der Waals surface area contributed by atoms with Crippen LogP contribution in [0.4, 0.5) is 5.69 Å². The van der Waals surface area contributed by atoms with Crippen molar-refractivity contribution < 1.29 is 4.79 Å². The van der Waals surface area contributed by atoms with Crippen LogP contribution in [-0.2, 0) is 0 Å². The average molecular weight is 254 g/mol. The quantitative estimate of drug-likeness (QED) is 0.544. The Morgan fingerprint density at radius 1 is 1.59 bits per heavy atom. The zero-order valence-electron chi connectivity index (χ0n) is 10.3. The molecule has 5 nitrogen and oxygen atoms in total. The van der Waals surface area contributed by atoms with Gasteiger partial charge in [-0.2, -0.15) is 11.8 Å². The van der Waals surface area contributed by atoms with E-state index in [1.807, 2.05) is 6.26 Å². The van der Waals surface area contributed by atoms with Crippen LogP contribution >= 0.6 is 11.8 Å². The molecule has 0 fully saturated rings. The highest BCUT2D eigenvalue weighted by molar-refractivity contribution is 7.99. The number of anilines is 1. The van der Waals surface area contributed by atoms with E-state index < -0.39 is 0 Å². The van der Waals surface area contributed by atoms with Crippen molar-refractivity contribution in [2.45, 2.75) is 18.6 Å².